The molecular formula is C22H32Cl2N6O2. The molecule has 0 radical (unpaired) electrons. The van der Waals surface area contributed by atoms with Crippen molar-refractivity contribution in [2.24, 2.45) is 0 Å². The van der Waals surface area contributed by atoms with Crippen LogP contribution in [-0.4, -0.2) is 59.4 Å². The molecule has 2 aromatic carbocycles. The summed E-state index contributed by atoms with van der Waals surface area (Å²) in [5.74, 6) is 1.97. The number of nitrogens with zero attached hydrogens (tertiary/aromatic N) is 5. The molecular weight excluding hydrogens is 451 g/mol. The Kier molecular flexibility index (Phi) is 12.0. The molecule has 0 aliphatic carbocycles. The third-order valence-corrected chi connectivity index (χ3v) is 4.69. The van der Waals surface area contributed by atoms with Crippen molar-refractivity contribution in [3.05, 3.63) is 59.4 Å². The van der Waals surface area contributed by atoms with Crippen molar-refractivity contribution in [2.75, 3.05) is 34.3 Å². The van der Waals surface area contributed by atoms with Gasteiger partial charge in [0.15, 0.2) is 23.9 Å². The van der Waals surface area contributed by atoms with Crippen LogP contribution in [0, 0.1) is 6.92 Å². The number of aryl methyl sites for hydroxylation is 1. The second kappa shape index (κ2) is 13.9. The van der Waals surface area contributed by atoms with Gasteiger partial charge < -0.3 is 19.7 Å². The summed E-state index contributed by atoms with van der Waals surface area (Å²) in [6.45, 7) is 5.11. The molecule has 0 spiro atoms. The molecule has 0 saturated heterocycles. The van der Waals surface area contributed by atoms with E-state index in [4.69, 9.17) is 9.47 Å². The van der Waals surface area contributed by atoms with E-state index in [1.807, 2.05) is 49.4 Å². The van der Waals surface area contributed by atoms with E-state index in [9.17, 15) is 0 Å². The van der Waals surface area contributed by atoms with Crippen LogP contribution in [0.15, 0.2) is 42.5 Å². The van der Waals surface area contributed by atoms with Gasteiger partial charge in [0.1, 0.15) is 0 Å². The lowest BCUT2D eigenvalue weighted by molar-refractivity contribution is 0.273. The molecule has 3 aromatic rings. The number of hydrogen-bond acceptors (Lipinski definition) is 7. The Labute approximate surface area is 202 Å². The first-order valence-electron chi connectivity index (χ1n) is 10.1. The Morgan fingerprint density at radius 3 is 2.47 bits per heavy atom. The molecule has 0 fully saturated rings. The van der Waals surface area contributed by atoms with Crippen molar-refractivity contribution in [1.82, 2.24) is 30.4 Å². The zero-order valence-corrected chi connectivity index (χ0v) is 20.6. The summed E-state index contributed by atoms with van der Waals surface area (Å²) >= 11 is 0. The number of benzene rings is 2. The predicted octanol–water partition coefficient (Wildman–Crippen LogP) is 3.44. The minimum Gasteiger partial charge on any atom is -0.493 e. The average Bonchev–Trinajstić information content (AvgIpc) is 3.21. The molecule has 32 heavy (non-hydrogen) atoms. The van der Waals surface area contributed by atoms with E-state index in [1.54, 1.807) is 11.8 Å². The highest BCUT2D eigenvalue weighted by atomic mass is 35.5. The summed E-state index contributed by atoms with van der Waals surface area (Å²) in [5.41, 5.74) is 3.22. The van der Waals surface area contributed by atoms with E-state index in [1.165, 1.54) is 5.56 Å². The lowest BCUT2D eigenvalue weighted by atomic mass is 10.2. The summed E-state index contributed by atoms with van der Waals surface area (Å²) < 4.78 is 13.2. The van der Waals surface area contributed by atoms with Crippen LogP contribution in [0.4, 0.5) is 0 Å². The van der Waals surface area contributed by atoms with E-state index in [-0.39, 0.29) is 31.4 Å². The normalized spacial score (nSPS) is 10.4. The largest absolute Gasteiger partial charge is 0.493 e. The van der Waals surface area contributed by atoms with Gasteiger partial charge in [-0.3, -0.25) is 0 Å². The molecule has 0 bridgehead atoms. The van der Waals surface area contributed by atoms with E-state index >= 15 is 0 Å². The molecule has 1 heterocycles. The van der Waals surface area contributed by atoms with E-state index < -0.39 is 0 Å². The number of rotatable bonds is 11. The molecule has 1 N–H and O–H groups in total. The van der Waals surface area contributed by atoms with Crippen molar-refractivity contribution in [1.29, 1.82) is 0 Å². The van der Waals surface area contributed by atoms with Gasteiger partial charge in [0.05, 0.1) is 12.8 Å². The van der Waals surface area contributed by atoms with Crippen LogP contribution >= 0.6 is 24.8 Å². The molecule has 176 valence electrons. The van der Waals surface area contributed by atoms with Crippen molar-refractivity contribution >= 4 is 24.8 Å². The molecule has 1 aromatic heterocycles. The van der Waals surface area contributed by atoms with Gasteiger partial charge in [-0.05, 0) is 80.8 Å². The third kappa shape index (κ3) is 7.94. The molecule has 10 heteroatoms. The molecule has 0 amide bonds. The zero-order valence-electron chi connectivity index (χ0n) is 18.9. The summed E-state index contributed by atoms with van der Waals surface area (Å²) in [4.78, 5) is 2.19. The van der Waals surface area contributed by atoms with Crippen LogP contribution in [0.25, 0.3) is 5.69 Å². The topological polar surface area (TPSA) is 77.3 Å². The van der Waals surface area contributed by atoms with Gasteiger partial charge in [-0.2, -0.15) is 4.68 Å². The molecule has 0 aliphatic rings. The highest BCUT2D eigenvalue weighted by Gasteiger charge is 2.12. The Balaban J connectivity index is 0.00000256. The molecule has 0 atom stereocenters. The quantitative estimate of drug-likeness (QED) is 0.419. The maximum Gasteiger partial charge on any atom is 0.194 e. The Bertz CT molecular complexity index is 934. The predicted molar refractivity (Wildman–Crippen MR) is 131 cm³/mol. The van der Waals surface area contributed by atoms with Gasteiger partial charge in [0, 0.05) is 6.54 Å². The Morgan fingerprint density at radius 2 is 1.78 bits per heavy atom. The van der Waals surface area contributed by atoms with Crippen LogP contribution in [0.2, 0.25) is 0 Å². The van der Waals surface area contributed by atoms with E-state index in [0.29, 0.717) is 17.3 Å². The highest BCUT2D eigenvalue weighted by molar-refractivity contribution is 5.85. The van der Waals surface area contributed by atoms with Crippen molar-refractivity contribution < 1.29 is 9.47 Å². The average molecular weight is 483 g/mol. The summed E-state index contributed by atoms with van der Waals surface area (Å²) in [7, 11) is 5.82. The van der Waals surface area contributed by atoms with E-state index in [0.717, 1.165) is 37.3 Å². The van der Waals surface area contributed by atoms with Crippen LogP contribution in [0.3, 0.4) is 0 Å². The van der Waals surface area contributed by atoms with Crippen LogP contribution in [0.5, 0.6) is 11.5 Å². The molecule has 8 nitrogen and oxygen atoms in total. The monoisotopic (exact) mass is 482 g/mol. The first-order valence-corrected chi connectivity index (χ1v) is 10.1. The summed E-state index contributed by atoms with van der Waals surface area (Å²) in [5, 5.41) is 15.4. The number of nitrogens with one attached hydrogen (secondary N) is 1. The van der Waals surface area contributed by atoms with Gasteiger partial charge in [0.2, 0.25) is 0 Å². The number of tetrazole rings is 1. The first-order chi connectivity index (χ1) is 14.6. The molecule has 0 unspecified atom stereocenters. The summed E-state index contributed by atoms with van der Waals surface area (Å²) in [6, 6.07) is 14.0. The van der Waals surface area contributed by atoms with Crippen molar-refractivity contribution in [3.63, 3.8) is 0 Å². The van der Waals surface area contributed by atoms with E-state index in [2.05, 4.69) is 39.8 Å². The Hall–Kier alpha value is -2.39. The lowest BCUT2D eigenvalue weighted by Crippen LogP contribution is -2.21. The standard InChI is InChI=1S/C22H30N6O2.2ClH/c1-17-6-9-19(10-7-17)28-22(24-25-26-28)16-30-20-11-8-18(14-21(20)29-4)15-23-12-5-13-27(2)3;;/h6-11,14,23H,5,12-13,15-16H2,1-4H3;2*1H. The van der Waals surface area contributed by atoms with Gasteiger partial charge in [-0.15, -0.1) is 29.9 Å². The fourth-order valence-electron chi connectivity index (χ4n) is 3.02. The van der Waals surface area contributed by atoms with Crippen LogP contribution < -0.4 is 14.8 Å². The summed E-state index contributed by atoms with van der Waals surface area (Å²) in [6.07, 6.45) is 1.11. The van der Waals surface area contributed by atoms with Crippen molar-refractivity contribution in [2.45, 2.75) is 26.5 Å². The number of ether oxygens (including phenoxy) is 2. The highest BCUT2D eigenvalue weighted by Crippen LogP contribution is 2.28. The SMILES string of the molecule is COc1cc(CNCCCN(C)C)ccc1OCc1nnnn1-c1ccc(C)cc1.Cl.Cl. The number of halogens is 2. The molecule has 0 saturated carbocycles. The number of methoxy groups -OCH3 is 1. The number of hydrogen-bond donors (Lipinski definition) is 1. The van der Waals surface area contributed by atoms with Crippen LogP contribution in [-0.2, 0) is 13.2 Å². The van der Waals surface area contributed by atoms with Crippen molar-refractivity contribution in [3.8, 4) is 17.2 Å². The minimum absolute atomic E-state index is 0. The second-order valence-electron chi connectivity index (χ2n) is 7.45. The fourth-order valence-corrected chi connectivity index (χ4v) is 3.02. The fraction of sp³-hybridized carbons (Fsp3) is 0.409. The Morgan fingerprint density at radius 1 is 1.03 bits per heavy atom. The van der Waals surface area contributed by atoms with Crippen LogP contribution in [0.1, 0.15) is 23.4 Å². The molecule has 3 rings (SSSR count). The smallest absolute Gasteiger partial charge is 0.194 e. The maximum absolute atomic E-state index is 5.97. The van der Waals surface area contributed by atoms with Gasteiger partial charge in [-0.25, -0.2) is 0 Å². The zero-order chi connectivity index (χ0) is 21.3. The maximum atomic E-state index is 5.97. The van der Waals surface area contributed by atoms with Gasteiger partial charge in [0.25, 0.3) is 0 Å². The first kappa shape index (κ1) is 27.6. The molecule has 0 aliphatic heterocycles. The number of aromatic nitrogens is 4. The minimum atomic E-state index is 0. The van der Waals surface area contributed by atoms with Gasteiger partial charge in [-0.1, -0.05) is 23.8 Å². The van der Waals surface area contributed by atoms with Gasteiger partial charge >= 0.3 is 0 Å². The lowest BCUT2D eigenvalue weighted by Gasteiger charge is -2.13. The third-order valence-electron chi connectivity index (χ3n) is 4.69. The second-order valence-corrected chi connectivity index (χ2v) is 7.45.